The number of nitrogen functional groups attached to an aromatic ring is 4. The number of ketones is 1. The first-order valence-electron chi connectivity index (χ1n) is 23.4. The topological polar surface area (TPSA) is 477 Å². The number of aliphatic hydroxyl groups excluding tert-OH is 6. The lowest BCUT2D eigenvalue weighted by molar-refractivity contribution is -0.118. The maximum absolute atomic E-state index is 12.3. The number of aliphatic imine (C=N–C) groups is 2. The summed E-state index contributed by atoms with van der Waals surface area (Å²) in [5, 5.41) is 62.0. The van der Waals surface area contributed by atoms with Crippen molar-refractivity contribution in [3.8, 4) is 11.5 Å². The number of carbonyl (C=O) groups excluding carboxylic acids is 3. The highest BCUT2D eigenvalue weighted by atomic mass is 35.5. The molecule has 0 saturated carbocycles. The lowest BCUT2D eigenvalue weighted by atomic mass is 10.1. The Hall–Kier alpha value is -6.79. The first-order chi connectivity index (χ1) is 35.6. The molecule has 0 spiro atoms. The molecule has 420 valence electrons. The summed E-state index contributed by atoms with van der Waals surface area (Å²) in [5.41, 5.74) is 41.2. The molecule has 29 heteroatoms. The molecule has 0 radical (unpaired) electrons. The molecule has 27 nitrogen and oxygen atoms in total. The molecule has 0 aliphatic heterocycles. The zero-order valence-electron chi connectivity index (χ0n) is 41.3. The Morgan fingerprint density at radius 2 is 1.03 bits per heavy atom. The second-order valence-electron chi connectivity index (χ2n) is 16.7. The molecule has 0 aliphatic rings. The van der Waals surface area contributed by atoms with E-state index in [4.69, 9.17) is 83.0 Å². The molecule has 0 fully saturated rings. The number of Topliss-reactive ketones (excluding diaryl/α,β-unsaturated/α-hetero) is 1. The Morgan fingerprint density at radius 3 is 1.41 bits per heavy atom. The van der Waals surface area contributed by atoms with Crippen LogP contribution in [0.2, 0.25) is 10.3 Å². The van der Waals surface area contributed by atoms with Gasteiger partial charge in [-0.25, -0.2) is 19.9 Å². The van der Waals surface area contributed by atoms with E-state index in [-0.39, 0.29) is 103 Å². The Labute approximate surface area is 449 Å². The van der Waals surface area contributed by atoms with E-state index < -0.39 is 55.5 Å². The van der Waals surface area contributed by atoms with Crippen LogP contribution >= 0.6 is 23.2 Å². The van der Waals surface area contributed by atoms with Gasteiger partial charge in [-0.1, -0.05) is 54.9 Å². The van der Waals surface area contributed by atoms with Crippen molar-refractivity contribution in [1.29, 1.82) is 0 Å². The number of hydrogen-bond donors (Lipinski definition) is 15. The molecule has 76 heavy (non-hydrogen) atoms. The number of unbranched alkanes of at least 4 members (excludes halogenated alkanes) is 2. The second kappa shape index (κ2) is 34.0. The maximum atomic E-state index is 12.3. The molecule has 2 amide bonds. The van der Waals surface area contributed by atoms with Crippen LogP contribution in [0.15, 0.2) is 58.5 Å². The molecule has 5 atom stereocenters. The fourth-order valence-electron chi connectivity index (χ4n) is 6.30. The number of ether oxygens (including phenoxy) is 2. The van der Waals surface area contributed by atoms with Gasteiger partial charge in [0.1, 0.15) is 42.7 Å². The first-order valence-corrected chi connectivity index (χ1v) is 24.1. The minimum atomic E-state index is -1.36. The van der Waals surface area contributed by atoms with Crippen LogP contribution in [-0.2, 0) is 17.6 Å². The minimum Gasteiger partial charge on any atom is -0.492 e. The van der Waals surface area contributed by atoms with Gasteiger partial charge in [0.25, 0.3) is 11.8 Å². The molecule has 2 aromatic carbocycles. The molecular weight excluding hydrogens is 1040 g/mol. The van der Waals surface area contributed by atoms with Gasteiger partial charge in [0.2, 0.25) is 0 Å². The number of nitrogens with two attached hydrogens (primary N) is 7. The van der Waals surface area contributed by atoms with Gasteiger partial charge in [0.15, 0.2) is 56.9 Å². The highest BCUT2D eigenvalue weighted by Gasteiger charge is 2.24. The number of aliphatic hydroxyl groups is 6. The molecule has 0 unspecified atom stereocenters. The number of nitrogens with zero attached hydrogens (tertiary/aromatic N) is 7. The van der Waals surface area contributed by atoms with Gasteiger partial charge < -0.3 is 80.2 Å². The number of aryl methyl sites for hydroxylation is 2. The third-order valence-electron chi connectivity index (χ3n) is 10.7. The normalized spacial score (nSPS) is 13.5. The number of rotatable bonds is 28. The molecule has 22 N–H and O–H groups in total. The summed E-state index contributed by atoms with van der Waals surface area (Å²) in [5.74, 6) is -0.909. The Morgan fingerprint density at radius 1 is 0.632 bits per heavy atom. The van der Waals surface area contributed by atoms with Gasteiger partial charge in [-0.05, 0) is 80.8 Å². The largest absolute Gasteiger partial charge is 0.492 e. The average Bonchev–Trinajstić information content (AvgIpc) is 3.37. The van der Waals surface area contributed by atoms with Crippen LogP contribution in [0.3, 0.4) is 0 Å². The predicted octanol–water partition coefficient (Wildman–Crippen LogP) is -1.24. The Kier molecular flexibility index (Phi) is 29.2. The number of carbonyl (C=O) groups is 3. The molecule has 0 saturated heterocycles. The zero-order valence-corrected chi connectivity index (χ0v) is 42.8. The van der Waals surface area contributed by atoms with Crippen molar-refractivity contribution < 1.29 is 54.5 Å². The van der Waals surface area contributed by atoms with Crippen LogP contribution in [0.25, 0.3) is 0 Å². The van der Waals surface area contributed by atoms with Crippen LogP contribution in [0.1, 0.15) is 72.1 Å². The van der Waals surface area contributed by atoms with Gasteiger partial charge >= 0.3 is 0 Å². The van der Waals surface area contributed by atoms with E-state index in [0.29, 0.717) is 31.0 Å². The van der Waals surface area contributed by atoms with E-state index in [1.807, 2.05) is 36.4 Å². The van der Waals surface area contributed by atoms with Crippen LogP contribution in [0.4, 0.5) is 23.3 Å². The number of benzene rings is 2. The summed E-state index contributed by atoms with van der Waals surface area (Å²) in [7, 11) is 0. The molecule has 4 aromatic rings. The summed E-state index contributed by atoms with van der Waals surface area (Å²) >= 11 is 11.6. The SMILES string of the molecule is C.CC(=O)[C@@H](N)COc1ccc(CCCCN=C(N)NC(=O)c2nc(Cl)c(N)nc2N)cc1.NC(=NCCCCc1ccc(OCCN(C[C@H](O)[C@H](O)CO)C[C@H](O)[C@H](O)CO)cc1)NC(=O)c1nc(Cl)c(N)nc1N. The van der Waals surface area contributed by atoms with Crippen molar-refractivity contribution in [3.05, 3.63) is 81.4 Å². The fraction of sp³-hybridized carbons (Fsp3) is 0.468. The van der Waals surface area contributed by atoms with Gasteiger partial charge in [-0.2, -0.15) is 0 Å². The number of halogens is 2. The standard InChI is InChI=1S/C26H41ClN8O8.C20H27ClN8O3.CH4/c27-22-24(29)33-23(28)21(32-22)25(42)34-26(30)31-8-2-1-3-15-4-6-16(7-5-15)43-10-9-35(11-17(38)19(40)13-36)12-18(39)20(41)14-37;1-11(30)14(22)10-32-13-7-5-12(6-8-13)4-2-3-9-26-20(25)29-19(31)15-17(23)28-18(24)16(21)27-15;/h4-7,17-20,36-41H,1-3,8-14H2,(H4,28,29,33)(H3,30,31,34,42);5-8,14H,2-4,9-10,22H2,1H3,(H4,23,24,28)(H3,25,26,29,31);1H4/t17-,18-,19+,20+;14-;/m00./s1. The highest BCUT2D eigenvalue weighted by Crippen LogP contribution is 2.19. The van der Waals surface area contributed by atoms with E-state index in [2.05, 4.69) is 40.6 Å². The van der Waals surface area contributed by atoms with Crippen LogP contribution in [0, 0.1) is 0 Å². The molecule has 0 bridgehead atoms. The molecule has 0 aliphatic carbocycles. The Bertz CT molecular complexity index is 2480. The van der Waals surface area contributed by atoms with E-state index in [0.717, 1.165) is 43.2 Å². The lowest BCUT2D eigenvalue weighted by Crippen LogP contribution is -2.47. The monoisotopic (exact) mass is 1110 g/mol. The fourth-order valence-corrected chi connectivity index (χ4v) is 6.56. The van der Waals surface area contributed by atoms with Crippen molar-refractivity contribution >= 4 is 76.0 Å². The quantitative estimate of drug-likeness (QED) is 0.0180. The molecular formula is C47H72Cl2N16O11. The average molecular weight is 1110 g/mol. The van der Waals surface area contributed by atoms with E-state index in [9.17, 15) is 34.8 Å². The maximum Gasteiger partial charge on any atom is 0.280 e. The van der Waals surface area contributed by atoms with Crippen LogP contribution < -0.4 is 60.2 Å². The Balaban J connectivity index is 0.000000535. The number of hydrogen-bond acceptors (Lipinski definition) is 23. The summed E-state index contributed by atoms with van der Waals surface area (Å²) in [6.45, 7) is 1.33. The summed E-state index contributed by atoms with van der Waals surface area (Å²) in [6.07, 6.45) is -0.562. The highest BCUT2D eigenvalue weighted by molar-refractivity contribution is 6.32. The zero-order chi connectivity index (χ0) is 55.6. The molecule has 2 aromatic heterocycles. The minimum absolute atomic E-state index is 0. The van der Waals surface area contributed by atoms with Crippen molar-refractivity contribution in [2.45, 2.75) is 83.3 Å². The van der Waals surface area contributed by atoms with Crippen molar-refractivity contribution in [3.63, 3.8) is 0 Å². The number of anilines is 4. The third kappa shape index (κ3) is 23.4. The summed E-state index contributed by atoms with van der Waals surface area (Å²) in [6, 6.07) is 14.4. The number of amides is 2. The molecule has 2 heterocycles. The second-order valence-corrected chi connectivity index (χ2v) is 17.4. The lowest BCUT2D eigenvalue weighted by Gasteiger charge is -2.29. The van der Waals surface area contributed by atoms with E-state index in [1.54, 1.807) is 17.0 Å². The summed E-state index contributed by atoms with van der Waals surface area (Å²) < 4.78 is 11.3. The predicted molar refractivity (Wildman–Crippen MR) is 289 cm³/mol. The van der Waals surface area contributed by atoms with Gasteiger partial charge in [-0.3, -0.25) is 39.9 Å². The van der Waals surface area contributed by atoms with Crippen molar-refractivity contribution in [1.82, 2.24) is 35.5 Å². The van der Waals surface area contributed by atoms with Gasteiger partial charge in [0, 0.05) is 32.7 Å². The van der Waals surface area contributed by atoms with Crippen molar-refractivity contribution in [2.24, 2.45) is 27.2 Å². The third-order valence-corrected chi connectivity index (χ3v) is 11.2. The van der Waals surface area contributed by atoms with Gasteiger partial charge in [-0.15, -0.1) is 0 Å². The number of aromatic nitrogens is 4. The van der Waals surface area contributed by atoms with E-state index >= 15 is 0 Å². The first kappa shape index (κ1) is 65.3. The summed E-state index contributed by atoms with van der Waals surface area (Å²) in [4.78, 5) is 60.5. The number of nitrogens with one attached hydrogen (secondary N) is 2. The van der Waals surface area contributed by atoms with Gasteiger partial charge in [0.05, 0.1) is 31.5 Å². The van der Waals surface area contributed by atoms with E-state index in [1.165, 1.54) is 6.92 Å². The number of guanidine groups is 2. The van der Waals surface area contributed by atoms with Crippen LogP contribution in [0.5, 0.6) is 11.5 Å². The molecule has 4 rings (SSSR count). The van der Waals surface area contributed by atoms with Crippen molar-refractivity contribution in [2.75, 3.05) is 82.1 Å². The van der Waals surface area contributed by atoms with Crippen LogP contribution in [-0.4, -0.2) is 175 Å². The smallest absolute Gasteiger partial charge is 0.280 e.